The lowest BCUT2D eigenvalue weighted by Gasteiger charge is -2.24. The molecule has 1 aliphatic rings. The van der Waals surface area contributed by atoms with Gasteiger partial charge in [0, 0.05) is 0 Å². The minimum atomic E-state index is 0.499. The third kappa shape index (κ3) is 1.51. The molecular formula is C10H19P. The van der Waals surface area contributed by atoms with Gasteiger partial charge in [0.2, 0.25) is 0 Å². The van der Waals surface area contributed by atoms with Crippen LogP contribution in [0.1, 0.15) is 33.6 Å². The molecule has 1 fully saturated rings. The molecule has 1 aliphatic carbocycles. The van der Waals surface area contributed by atoms with Crippen molar-refractivity contribution in [2.24, 2.45) is 11.3 Å². The molecule has 0 nitrogen and oxygen atoms in total. The van der Waals surface area contributed by atoms with Crippen molar-refractivity contribution >= 4 is 9.24 Å². The second kappa shape index (κ2) is 2.90. The summed E-state index contributed by atoms with van der Waals surface area (Å²) in [7, 11) is 2.92. The molecule has 0 aromatic heterocycles. The average molecular weight is 170 g/mol. The fraction of sp³-hybridized carbons (Fsp3) is 0.800. The van der Waals surface area contributed by atoms with E-state index in [0.29, 0.717) is 17.0 Å². The van der Waals surface area contributed by atoms with Crippen LogP contribution in [0.15, 0.2) is 12.2 Å². The Morgan fingerprint density at radius 2 is 1.82 bits per heavy atom. The molecule has 2 unspecified atom stereocenters. The highest BCUT2D eigenvalue weighted by Crippen LogP contribution is 2.58. The van der Waals surface area contributed by atoms with Gasteiger partial charge in [-0.3, -0.25) is 0 Å². The third-order valence-electron chi connectivity index (χ3n) is 3.00. The van der Waals surface area contributed by atoms with E-state index in [9.17, 15) is 0 Å². The highest BCUT2D eigenvalue weighted by molar-refractivity contribution is 7.17. The van der Waals surface area contributed by atoms with E-state index in [0.717, 1.165) is 0 Å². The van der Waals surface area contributed by atoms with Crippen molar-refractivity contribution in [3.8, 4) is 0 Å². The fourth-order valence-corrected chi connectivity index (χ4v) is 2.33. The van der Waals surface area contributed by atoms with E-state index < -0.39 is 0 Å². The van der Waals surface area contributed by atoms with E-state index in [4.69, 9.17) is 0 Å². The zero-order chi connectivity index (χ0) is 8.65. The second-order valence-corrected chi connectivity index (χ2v) is 5.12. The number of hydrogen-bond acceptors (Lipinski definition) is 0. The molecular weight excluding hydrogens is 151 g/mol. The standard InChI is InChI=1S/C10H19P/c1-7(2)8(3)10(5-6-10)9(4)11/h7,9H,3,5-6,11H2,1-2,4H3. The van der Waals surface area contributed by atoms with Gasteiger partial charge in [-0.2, -0.15) is 0 Å². The summed E-state index contributed by atoms with van der Waals surface area (Å²) in [6.45, 7) is 11.0. The van der Waals surface area contributed by atoms with Gasteiger partial charge >= 0.3 is 0 Å². The Labute approximate surface area is 72.7 Å². The first kappa shape index (κ1) is 9.26. The summed E-state index contributed by atoms with van der Waals surface area (Å²) >= 11 is 0. The predicted molar refractivity (Wildman–Crippen MR) is 54.8 cm³/mol. The number of hydrogen-bond donors (Lipinski definition) is 0. The first-order valence-electron chi connectivity index (χ1n) is 4.45. The van der Waals surface area contributed by atoms with E-state index in [1.807, 2.05) is 0 Å². The summed E-state index contributed by atoms with van der Waals surface area (Å²) in [5, 5.41) is 0. The number of allylic oxidation sites excluding steroid dienone is 1. The smallest absolute Gasteiger partial charge is 0.00275 e. The molecule has 1 saturated carbocycles. The Hall–Kier alpha value is 0.170. The van der Waals surface area contributed by atoms with Gasteiger partial charge in [-0.05, 0) is 29.8 Å². The van der Waals surface area contributed by atoms with Crippen LogP contribution in [0.25, 0.3) is 0 Å². The van der Waals surface area contributed by atoms with Crippen molar-refractivity contribution in [2.75, 3.05) is 0 Å². The summed E-state index contributed by atoms with van der Waals surface area (Å²) < 4.78 is 0. The van der Waals surface area contributed by atoms with Crippen LogP contribution in [0, 0.1) is 11.3 Å². The largest absolute Gasteiger partial charge is 0.134 e. The summed E-state index contributed by atoms with van der Waals surface area (Å²) in [5.41, 5.74) is 2.66. The molecule has 0 saturated heterocycles. The van der Waals surface area contributed by atoms with E-state index in [1.54, 1.807) is 0 Å². The van der Waals surface area contributed by atoms with Crippen molar-refractivity contribution in [3.63, 3.8) is 0 Å². The van der Waals surface area contributed by atoms with Crippen LogP contribution in [0.2, 0.25) is 0 Å². The van der Waals surface area contributed by atoms with Gasteiger partial charge in [-0.25, -0.2) is 0 Å². The molecule has 1 heteroatoms. The fourth-order valence-electron chi connectivity index (χ4n) is 1.78. The van der Waals surface area contributed by atoms with Crippen molar-refractivity contribution in [1.82, 2.24) is 0 Å². The van der Waals surface area contributed by atoms with Crippen molar-refractivity contribution < 1.29 is 0 Å². The minimum Gasteiger partial charge on any atom is -0.134 e. The van der Waals surface area contributed by atoms with Crippen LogP contribution in [0.3, 0.4) is 0 Å². The molecule has 0 spiro atoms. The molecule has 2 atom stereocenters. The molecule has 0 amide bonds. The van der Waals surface area contributed by atoms with Gasteiger partial charge in [0.1, 0.15) is 0 Å². The lowest BCUT2D eigenvalue weighted by atomic mass is 9.86. The molecule has 0 N–H and O–H groups in total. The lowest BCUT2D eigenvalue weighted by Crippen LogP contribution is -2.17. The Morgan fingerprint density at radius 3 is 1.91 bits per heavy atom. The number of rotatable bonds is 3. The summed E-state index contributed by atoms with van der Waals surface area (Å²) in [4.78, 5) is 0. The third-order valence-corrected chi connectivity index (χ3v) is 3.63. The summed E-state index contributed by atoms with van der Waals surface area (Å²) in [6.07, 6.45) is 2.71. The van der Waals surface area contributed by atoms with Crippen LogP contribution in [-0.4, -0.2) is 5.66 Å². The molecule has 0 bridgehead atoms. The van der Waals surface area contributed by atoms with Crippen LogP contribution in [-0.2, 0) is 0 Å². The zero-order valence-corrected chi connectivity index (χ0v) is 9.01. The van der Waals surface area contributed by atoms with Gasteiger partial charge in [0.15, 0.2) is 0 Å². The molecule has 0 aliphatic heterocycles. The van der Waals surface area contributed by atoms with Crippen LogP contribution < -0.4 is 0 Å². The Morgan fingerprint density at radius 1 is 1.36 bits per heavy atom. The highest BCUT2D eigenvalue weighted by Gasteiger charge is 2.48. The predicted octanol–water partition coefficient (Wildman–Crippen LogP) is 3.24. The minimum absolute atomic E-state index is 0.499. The van der Waals surface area contributed by atoms with Crippen LogP contribution >= 0.6 is 9.24 Å². The van der Waals surface area contributed by atoms with Crippen molar-refractivity contribution in [3.05, 3.63) is 12.2 Å². The van der Waals surface area contributed by atoms with Gasteiger partial charge in [0.25, 0.3) is 0 Å². The maximum atomic E-state index is 4.20. The molecule has 64 valence electrons. The molecule has 0 heterocycles. The zero-order valence-electron chi connectivity index (χ0n) is 7.85. The first-order valence-corrected chi connectivity index (χ1v) is 5.12. The van der Waals surface area contributed by atoms with E-state index in [2.05, 4.69) is 36.6 Å². The van der Waals surface area contributed by atoms with E-state index >= 15 is 0 Å². The second-order valence-electron chi connectivity index (χ2n) is 4.12. The monoisotopic (exact) mass is 170 g/mol. The van der Waals surface area contributed by atoms with Crippen molar-refractivity contribution in [1.29, 1.82) is 0 Å². The highest BCUT2D eigenvalue weighted by atomic mass is 31.0. The average Bonchev–Trinajstić information content (AvgIpc) is 2.65. The topological polar surface area (TPSA) is 0 Å². The van der Waals surface area contributed by atoms with Crippen LogP contribution in [0.5, 0.6) is 0 Å². The maximum Gasteiger partial charge on any atom is -0.00275 e. The summed E-state index contributed by atoms with van der Waals surface area (Å²) in [5.74, 6) is 0.653. The molecule has 0 aromatic carbocycles. The van der Waals surface area contributed by atoms with E-state index in [1.165, 1.54) is 18.4 Å². The van der Waals surface area contributed by atoms with E-state index in [-0.39, 0.29) is 0 Å². The Balaban J connectivity index is 2.66. The first-order chi connectivity index (χ1) is 5.00. The molecule has 0 aromatic rings. The Bertz CT molecular complexity index is 164. The Kier molecular flexibility index (Phi) is 2.44. The van der Waals surface area contributed by atoms with Gasteiger partial charge in [-0.1, -0.05) is 32.9 Å². The normalized spacial score (nSPS) is 23.4. The SMILES string of the molecule is C=C(C(C)C)C1(C(C)P)CC1. The van der Waals surface area contributed by atoms with Crippen LogP contribution in [0.4, 0.5) is 0 Å². The van der Waals surface area contributed by atoms with Crippen molar-refractivity contribution in [2.45, 2.75) is 39.3 Å². The van der Waals surface area contributed by atoms with Gasteiger partial charge in [-0.15, -0.1) is 9.24 Å². The quantitative estimate of drug-likeness (QED) is 0.450. The summed E-state index contributed by atoms with van der Waals surface area (Å²) in [6, 6.07) is 0. The van der Waals surface area contributed by atoms with Gasteiger partial charge in [0.05, 0.1) is 0 Å². The molecule has 1 rings (SSSR count). The lowest BCUT2D eigenvalue weighted by molar-refractivity contribution is 0.527. The van der Waals surface area contributed by atoms with Gasteiger partial charge < -0.3 is 0 Å². The molecule has 11 heavy (non-hydrogen) atoms. The maximum absolute atomic E-state index is 4.20. The molecule has 0 radical (unpaired) electrons.